The van der Waals surface area contributed by atoms with Gasteiger partial charge in [-0.25, -0.2) is 0 Å². The van der Waals surface area contributed by atoms with Crippen molar-refractivity contribution in [2.45, 2.75) is 6.92 Å². The van der Waals surface area contributed by atoms with E-state index in [1.165, 1.54) is 60.6 Å². The highest BCUT2D eigenvalue weighted by molar-refractivity contribution is 6.18. The lowest BCUT2D eigenvalue weighted by Gasteiger charge is -2.14. The SMILES string of the molecule is C=c1/c(=C\C=C/C)c2ccc3c4ccccc4n(-c4cccc(-c5cccc(-c6ccccc6)c5)c4)c3c2n1-c1cccc(-c2ccccc2)c1. The second-order valence-electron chi connectivity index (χ2n) is 13.0. The molecule has 0 N–H and O–H groups in total. The zero-order valence-corrected chi connectivity index (χ0v) is 28.5. The highest BCUT2D eigenvalue weighted by atomic mass is 15.0. The predicted molar refractivity (Wildman–Crippen MR) is 218 cm³/mol. The Hall–Kier alpha value is -6.64. The third-order valence-corrected chi connectivity index (χ3v) is 9.98. The molecular formula is C49H36N2. The quantitative estimate of drug-likeness (QED) is 0.169. The van der Waals surface area contributed by atoms with Crippen molar-refractivity contribution in [2.24, 2.45) is 0 Å². The van der Waals surface area contributed by atoms with Crippen LogP contribution in [-0.4, -0.2) is 9.13 Å². The Kier molecular flexibility index (Phi) is 7.56. The van der Waals surface area contributed by atoms with Gasteiger partial charge in [-0.1, -0.05) is 158 Å². The fraction of sp³-hybridized carbons (Fsp3) is 0.0204. The first-order chi connectivity index (χ1) is 25.2. The van der Waals surface area contributed by atoms with Gasteiger partial charge in [-0.3, -0.25) is 0 Å². The highest BCUT2D eigenvalue weighted by Crippen LogP contribution is 2.38. The lowest BCUT2D eigenvalue weighted by molar-refractivity contribution is 1.07. The monoisotopic (exact) mass is 652 g/mol. The molecule has 2 heteroatoms. The van der Waals surface area contributed by atoms with E-state index in [2.05, 4.69) is 204 Å². The molecule has 0 atom stereocenters. The average Bonchev–Trinajstić information content (AvgIpc) is 3.69. The molecule has 2 nitrogen and oxygen atoms in total. The van der Waals surface area contributed by atoms with Crippen molar-refractivity contribution in [2.75, 3.05) is 0 Å². The maximum atomic E-state index is 4.73. The molecule has 9 rings (SSSR count). The number of nitrogens with zero attached hydrogens (tertiary/aromatic N) is 2. The summed E-state index contributed by atoms with van der Waals surface area (Å²) in [6.45, 7) is 6.78. The number of fused-ring (bicyclic) bond motifs is 5. The molecule has 9 aromatic rings. The number of hydrogen-bond donors (Lipinski definition) is 0. The summed E-state index contributed by atoms with van der Waals surface area (Å²) in [5.41, 5.74) is 12.8. The average molecular weight is 653 g/mol. The summed E-state index contributed by atoms with van der Waals surface area (Å²) in [6.07, 6.45) is 6.38. The molecule has 0 saturated heterocycles. The summed E-state index contributed by atoms with van der Waals surface area (Å²) in [4.78, 5) is 0. The van der Waals surface area contributed by atoms with E-state index in [-0.39, 0.29) is 0 Å². The Balaban J connectivity index is 1.35. The Bertz CT molecular complexity index is 2870. The van der Waals surface area contributed by atoms with Crippen molar-refractivity contribution in [1.29, 1.82) is 0 Å². The van der Waals surface area contributed by atoms with Crippen LogP contribution in [0.4, 0.5) is 0 Å². The predicted octanol–water partition coefficient (Wildman–Crippen LogP) is 11.5. The Morgan fingerprint density at radius 2 is 0.922 bits per heavy atom. The summed E-state index contributed by atoms with van der Waals surface area (Å²) < 4.78 is 4.82. The summed E-state index contributed by atoms with van der Waals surface area (Å²) in [5, 5.41) is 5.69. The minimum Gasteiger partial charge on any atom is -0.308 e. The van der Waals surface area contributed by atoms with Crippen LogP contribution >= 0.6 is 0 Å². The van der Waals surface area contributed by atoms with Gasteiger partial charge >= 0.3 is 0 Å². The zero-order valence-electron chi connectivity index (χ0n) is 28.5. The molecule has 242 valence electrons. The molecule has 0 aliphatic carbocycles. The smallest absolute Gasteiger partial charge is 0.0788 e. The van der Waals surface area contributed by atoms with Gasteiger partial charge in [0.1, 0.15) is 0 Å². The highest BCUT2D eigenvalue weighted by Gasteiger charge is 2.20. The third kappa shape index (κ3) is 5.21. The van der Waals surface area contributed by atoms with E-state index < -0.39 is 0 Å². The van der Waals surface area contributed by atoms with Gasteiger partial charge in [-0.05, 0) is 76.7 Å². The molecule has 0 aliphatic heterocycles. The van der Waals surface area contributed by atoms with Gasteiger partial charge in [0.25, 0.3) is 0 Å². The topological polar surface area (TPSA) is 9.86 Å². The van der Waals surface area contributed by atoms with Crippen LogP contribution in [0, 0.1) is 0 Å². The second kappa shape index (κ2) is 12.7. The van der Waals surface area contributed by atoms with Crippen LogP contribution in [0.1, 0.15) is 6.92 Å². The van der Waals surface area contributed by atoms with Crippen LogP contribution in [0.2, 0.25) is 0 Å². The van der Waals surface area contributed by atoms with Crippen LogP contribution in [0.3, 0.4) is 0 Å². The molecule has 0 unspecified atom stereocenters. The number of hydrogen-bond acceptors (Lipinski definition) is 0. The van der Waals surface area contributed by atoms with Gasteiger partial charge in [0.15, 0.2) is 0 Å². The van der Waals surface area contributed by atoms with E-state index in [0.717, 1.165) is 27.5 Å². The molecule has 0 spiro atoms. The molecule has 0 fully saturated rings. The van der Waals surface area contributed by atoms with E-state index in [1.807, 2.05) is 0 Å². The first kappa shape index (κ1) is 30.4. The van der Waals surface area contributed by atoms with Crippen molar-refractivity contribution in [1.82, 2.24) is 9.13 Å². The van der Waals surface area contributed by atoms with Gasteiger partial charge in [0.2, 0.25) is 0 Å². The zero-order chi connectivity index (χ0) is 34.3. The van der Waals surface area contributed by atoms with Crippen molar-refractivity contribution in [3.8, 4) is 44.8 Å². The molecule has 51 heavy (non-hydrogen) atoms. The Morgan fingerprint density at radius 3 is 1.59 bits per heavy atom. The molecule has 2 heterocycles. The first-order valence-corrected chi connectivity index (χ1v) is 17.5. The van der Waals surface area contributed by atoms with Crippen LogP contribution in [0.15, 0.2) is 182 Å². The standard InChI is InChI=1S/C49H36N2/c1-3-4-26-43-34(2)50(41-24-14-22-39(32-41)36-18-9-6-10-19-36)48-45(43)29-30-46-44-27-11-12-28-47(44)51(49(46)48)42-25-15-23-40(33-42)38-21-13-20-37(31-38)35-16-7-5-8-17-35/h3-33H,2H2,1H3/b4-3-,43-26+. The van der Waals surface area contributed by atoms with Gasteiger partial charge < -0.3 is 9.13 Å². The van der Waals surface area contributed by atoms with Crippen LogP contribution in [-0.2, 0) is 0 Å². The van der Waals surface area contributed by atoms with Gasteiger partial charge in [-0.15, -0.1) is 0 Å². The van der Waals surface area contributed by atoms with Crippen molar-refractivity contribution >= 4 is 45.4 Å². The van der Waals surface area contributed by atoms with Crippen molar-refractivity contribution < 1.29 is 0 Å². The first-order valence-electron chi connectivity index (χ1n) is 17.5. The van der Waals surface area contributed by atoms with E-state index in [1.54, 1.807) is 0 Å². The van der Waals surface area contributed by atoms with E-state index in [9.17, 15) is 0 Å². The third-order valence-electron chi connectivity index (χ3n) is 9.98. The summed E-state index contributed by atoms with van der Waals surface area (Å²) in [5.74, 6) is 0. The van der Waals surface area contributed by atoms with Gasteiger partial charge in [0.05, 0.1) is 16.6 Å². The number of allylic oxidation sites excluding steroid dienone is 2. The maximum Gasteiger partial charge on any atom is 0.0788 e. The fourth-order valence-corrected chi connectivity index (χ4v) is 7.61. The largest absolute Gasteiger partial charge is 0.308 e. The van der Waals surface area contributed by atoms with Crippen molar-refractivity contribution in [3.05, 3.63) is 193 Å². The molecule has 2 aromatic heterocycles. The second-order valence-corrected chi connectivity index (χ2v) is 13.0. The number of rotatable bonds is 6. The molecule has 0 bridgehead atoms. The molecular weight excluding hydrogens is 617 g/mol. The fourth-order valence-electron chi connectivity index (χ4n) is 7.61. The van der Waals surface area contributed by atoms with Crippen molar-refractivity contribution in [3.63, 3.8) is 0 Å². The van der Waals surface area contributed by atoms with E-state index >= 15 is 0 Å². The normalized spacial score (nSPS) is 12.1. The summed E-state index contributed by atoms with van der Waals surface area (Å²) in [7, 11) is 0. The van der Waals surface area contributed by atoms with Gasteiger partial charge in [-0.2, -0.15) is 0 Å². The lowest BCUT2D eigenvalue weighted by Crippen LogP contribution is -2.26. The summed E-state index contributed by atoms with van der Waals surface area (Å²) in [6, 6.07) is 61.2. The minimum absolute atomic E-state index is 0.962. The van der Waals surface area contributed by atoms with Crippen LogP contribution < -0.4 is 10.6 Å². The molecule has 0 saturated carbocycles. The Morgan fingerprint density at radius 1 is 0.431 bits per heavy atom. The summed E-state index contributed by atoms with van der Waals surface area (Å²) >= 11 is 0. The van der Waals surface area contributed by atoms with E-state index in [0.29, 0.717) is 0 Å². The minimum atomic E-state index is 0.962. The Labute approximate surface area is 297 Å². The van der Waals surface area contributed by atoms with Crippen LogP contribution in [0.25, 0.3) is 90.1 Å². The number of para-hydroxylation sites is 1. The van der Waals surface area contributed by atoms with E-state index in [4.69, 9.17) is 6.58 Å². The molecule has 0 amide bonds. The molecule has 0 aliphatic rings. The van der Waals surface area contributed by atoms with Crippen LogP contribution in [0.5, 0.6) is 0 Å². The number of benzene rings is 7. The lowest BCUT2D eigenvalue weighted by atomic mass is 9.99. The number of aromatic nitrogens is 2. The van der Waals surface area contributed by atoms with Gasteiger partial charge in [0, 0.05) is 38.1 Å². The molecule has 0 radical (unpaired) electrons. The maximum absolute atomic E-state index is 4.73. The molecule has 7 aromatic carbocycles.